The summed E-state index contributed by atoms with van der Waals surface area (Å²) in [5, 5.41) is 24.2. The molecule has 4 aliphatic rings. The zero-order chi connectivity index (χ0) is 32.9. The van der Waals surface area contributed by atoms with Gasteiger partial charge in [-0.3, -0.25) is 14.4 Å². The maximum Gasteiger partial charge on any atom is 0.344 e. The molecule has 4 rings (SSSR count). The third-order valence-electron chi connectivity index (χ3n) is 10.8. The van der Waals surface area contributed by atoms with E-state index in [0.29, 0.717) is 13.0 Å². The zero-order valence-corrected chi connectivity index (χ0v) is 27.2. The van der Waals surface area contributed by atoms with Crippen molar-refractivity contribution < 1.29 is 48.3 Å². The fourth-order valence-electron chi connectivity index (χ4n) is 8.46. The largest absolute Gasteiger partial charge is 0.455 e. The summed E-state index contributed by atoms with van der Waals surface area (Å²) < 4.78 is 23.6. The molecule has 12 nitrogen and oxygen atoms in total. The summed E-state index contributed by atoms with van der Waals surface area (Å²) in [6, 6.07) is 0. The first-order valence-corrected chi connectivity index (χ1v) is 15.6. The summed E-state index contributed by atoms with van der Waals surface area (Å²) in [5.74, 6) is -3.63. The number of ether oxygens (including phenoxy) is 4. The van der Waals surface area contributed by atoms with Crippen molar-refractivity contribution in [2.24, 2.45) is 16.7 Å². The Labute approximate surface area is 260 Å². The second-order valence-corrected chi connectivity index (χ2v) is 14.4. The predicted octanol–water partition coefficient (Wildman–Crippen LogP) is 1.25. The predicted molar refractivity (Wildman–Crippen MR) is 158 cm³/mol. The maximum absolute atomic E-state index is 14.1. The molecule has 2 saturated heterocycles. The Morgan fingerprint density at radius 2 is 1.70 bits per heavy atom. The number of nitrogens with zero attached hydrogens (tertiary/aromatic N) is 2. The van der Waals surface area contributed by atoms with Gasteiger partial charge in [-0.2, -0.15) is 0 Å². The average molecular weight is 623 g/mol. The van der Waals surface area contributed by atoms with Gasteiger partial charge in [-0.15, -0.1) is 6.58 Å². The maximum atomic E-state index is 14.1. The van der Waals surface area contributed by atoms with E-state index >= 15 is 0 Å². The summed E-state index contributed by atoms with van der Waals surface area (Å²) in [4.78, 5) is 56.9. The van der Waals surface area contributed by atoms with Crippen LogP contribution < -0.4 is 0 Å². The van der Waals surface area contributed by atoms with E-state index in [1.165, 1.54) is 19.9 Å². The average Bonchev–Trinajstić information content (AvgIpc) is 2.94. The van der Waals surface area contributed by atoms with E-state index in [0.717, 1.165) is 26.2 Å². The van der Waals surface area contributed by atoms with E-state index in [2.05, 4.69) is 16.4 Å². The number of aliphatic hydroxyl groups excluding tert-OH is 1. The lowest BCUT2D eigenvalue weighted by Gasteiger charge is -2.71. The Morgan fingerprint density at radius 1 is 1.07 bits per heavy atom. The molecule has 2 N–H and O–H groups in total. The van der Waals surface area contributed by atoms with Gasteiger partial charge in [0.15, 0.2) is 24.1 Å². The highest BCUT2D eigenvalue weighted by molar-refractivity contribution is 5.92. The number of fused-ring (bicyclic) bond motifs is 3. The van der Waals surface area contributed by atoms with Gasteiger partial charge in [-0.25, -0.2) is 4.79 Å². The number of piperazine rings is 1. The molecule has 2 aliphatic heterocycles. The van der Waals surface area contributed by atoms with Gasteiger partial charge in [0.25, 0.3) is 0 Å². The van der Waals surface area contributed by atoms with Crippen molar-refractivity contribution in [1.82, 2.24) is 9.80 Å². The van der Waals surface area contributed by atoms with E-state index in [1.807, 2.05) is 20.9 Å². The molecule has 0 bridgehead atoms. The van der Waals surface area contributed by atoms with Crippen LogP contribution in [0.15, 0.2) is 12.7 Å². The van der Waals surface area contributed by atoms with E-state index < -0.39 is 82.2 Å². The van der Waals surface area contributed by atoms with Crippen LogP contribution >= 0.6 is 0 Å². The lowest BCUT2D eigenvalue weighted by Crippen LogP contribution is -2.87. The van der Waals surface area contributed by atoms with Crippen molar-refractivity contribution in [1.29, 1.82) is 0 Å². The van der Waals surface area contributed by atoms with Crippen LogP contribution in [0, 0.1) is 16.7 Å². The molecule has 44 heavy (non-hydrogen) atoms. The fraction of sp³-hybridized carbons (Fsp3) is 0.812. The van der Waals surface area contributed by atoms with Gasteiger partial charge in [0, 0.05) is 57.4 Å². The molecule has 248 valence electrons. The molecule has 12 heteroatoms. The van der Waals surface area contributed by atoms with E-state index in [4.69, 9.17) is 18.9 Å². The van der Waals surface area contributed by atoms with Gasteiger partial charge in [-0.05, 0) is 39.2 Å². The van der Waals surface area contributed by atoms with Gasteiger partial charge in [0.2, 0.25) is 0 Å². The quantitative estimate of drug-likeness (QED) is 0.228. The van der Waals surface area contributed by atoms with Crippen molar-refractivity contribution in [2.45, 2.75) is 102 Å². The number of carbonyl (C=O) groups is 4. The van der Waals surface area contributed by atoms with Crippen LogP contribution in [0.1, 0.15) is 67.2 Å². The van der Waals surface area contributed by atoms with E-state index in [9.17, 15) is 29.4 Å². The Hall–Kier alpha value is -2.38. The number of carbonyl (C=O) groups excluding carboxylic acids is 4. The highest BCUT2D eigenvalue weighted by Gasteiger charge is 2.82. The monoisotopic (exact) mass is 622 g/mol. The first kappa shape index (κ1) is 34.5. The van der Waals surface area contributed by atoms with Crippen molar-refractivity contribution in [3.63, 3.8) is 0 Å². The topological polar surface area (TPSA) is 152 Å². The van der Waals surface area contributed by atoms with Gasteiger partial charge >= 0.3 is 17.9 Å². The lowest BCUT2D eigenvalue weighted by atomic mass is 9.39. The molecule has 0 aromatic carbocycles. The molecule has 0 aromatic rings. The van der Waals surface area contributed by atoms with Gasteiger partial charge < -0.3 is 39.0 Å². The van der Waals surface area contributed by atoms with Crippen LogP contribution in [-0.4, -0.2) is 125 Å². The molecule has 2 heterocycles. The van der Waals surface area contributed by atoms with Crippen molar-refractivity contribution >= 4 is 23.7 Å². The van der Waals surface area contributed by atoms with Crippen LogP contribution in [0.5, 0.6) is 0 Å². The third kappa shape index (κ3) is 5.72. The fourth-order valence-corrected chi connectivity index (χ4v) is 8.46. The van der Waals surface area contributed by atoms with Crippen LogP contribution in [-0.2, 0) is 38.1 Å². The van der Waals surface area contributed by atoms with Crippen molar-refractivity contribution in [2.75, 3.05) is 46.4 Å². The molecule has 0 radical (unpaired) electrons. The third-order valence-corrected chi connectivity index (χ3v) is 10.8. The highest BCUT2D eigenvalue weighted by atomic mass is 16.6. The molecule has 0 unspecified atom stereocenters. The van der Waals surface area contributed by atoms with Crippen molar-refractivity contribution in [3.8, 4) is 0 Å². The number of Topliss-reactive ketones (excluding diaryl/α,β-unsaturated/α-hetero) is 1. The number of rotatable bonds is 8. The Kier molecular flexibility index (Phi) is 9.48. The number of esters is 3. The van der Waals surface area contributed by atoms with Crippen LogP contribution in [0.2, 0.25) is 0 Å². The number of hydrogen-bond acceptors (Lipinski definition) is 12. The minimum absolute atomic E-state index is 0.109. The summed E-state index contributed by atoms with van der Waals surface area (Å²) in [6.07, 6.45) is -1.83. The first-order valence-electron chi connectivity index (χ1n) is 15.6. The number of ketones is 1. The molecular weight excluding hydrogens is 572 g/mol. The van der Waals surface area contributed by atoms with Crippen LogP contribution in [0.3, 0.4) is 0 Å². The summed E-state index contributed by atoms with van der Waals surface area (Å²) in [7, 11) is 2.05. The minimum atomic E-state index is -2.33. The summed E-state index contributed by atoms with van der Waals surface area (Å²) in [5.41, 5.74) is -7.82. The Balaban J connectivity index is 1.65. The summed E-state index contributed by atoms with van der Waals surface area (Å²) in [6.45, 7) is 16.8. The molecule has 0 aromatic heterocycles. The Morgan fingerprint density at radius 3 is 2.30 bits per heavy atom. The Bertz CT molecular complexity index is 1170. The van der Waals surface area contributed by atoms with Crippen LogP contribution in [0.4, 0.5) is 0 Å². The normalized spacial score (nSPS) is 40.7. The molecule has 0 spiro atoms. The number of hydrogen-bond donors (Lipinski definition) is 2. The molecule has 4 fully saturated rings. The lowest BCUT2D eigenvalue weighted by molar-refractivity contribution is -0.371. The van der Waals surface area contributed by atoms with Gasteiger partial charge in [-0.1, -0.05) is 26.8 Å². The molecule has 2 saturated carbocycles. The molecule has 8 atom stereocenters. The smallest absolute Gasteiger partial charge is 0.344 e. The van der Waals surface area contributed by atoms with Crippen LogP contribution in [0.25, 0.3) is 0 Å². The molecular formula is C32H50N2O10. The van der Waals surface area contributed by atoms with Gasteiger partial charge in [0.1, 0.15) is 11.7 Å². The standard InChI is InChI=1S/C32H50N2O10/c1-9-29(5)18-22(37)32(40)30(6)21(36)10-12-28(3,4)26(30)25(27(42-20(2)35)31(32,7)44-29)43-24(39)19-41-23(38)11-13-34-16-14-33(8)15-17-34/h9,21,25-27,36,40H,1,10-19H2,2-8H3/t21-,25-,26-,27-,29-,30-,31+,32-/m0/s1. The minimum Gasteiger partial charge on any atom is -0.455 e. The first-order chi connectivity index (χ1) is 20.3. The molecule has 2 aliphatic carbocycles. The second-order valence-electron chi connectivity index (χ2n) is 14.4. The second kappa shape index (κ2) is 12.1. The van der Waals surface area contributed by atoms with E-state index in [1.54, 1.807) is 13.8 Å². The zero-order valence-electron chi connectivity index (χ0n) is 27.2. The number of likely N-dealkylation sites (N-methyl/N-ethyl adjacent to an activating group) is 1. The molecule has 0 amide bonds. The SMILES string of the molecule is C=C[C@@]1(C)CC(=O)[C@]2(O)[C@@]3(C)[C@@H](O)CCC(C)(C)[C@@H]3[C@H](OC(=O)COC(=O)CCN3CCN(C)CC3)[C@H](OC(C)=O)[C@@]2(C)O1. The van der Waals surface area contributed by atoms with E-state index in [-0.39, 0.29) is 19.3 Å². The highest BCUT2D eigenvalue weighted by Crippen LogP contribution is 2.67. The summed E-state index contributed by atoms with van der Waals surface area (Å²) >= 11 is 0. The number of aliphatic hydroxyl groups is 2. The van der Waals surface area contributed by atoms with Crippen molar-refractivity contribution in [3.05, 3.63) is 12.7 Å². The van der Waals surface area contributed by atoms with Gasteiger partial charge in [0.05, 0.1) is 18.1 Å².